The van der Waals surface area contributed by atoms with E-state index in [0.29, 0.717) is 15.6 Å². The number of hydrogen-bond donors (Lipinski definition) is 1. The van der Waals surface area contributed by atoms with Gasteiger partial charge in [0.05, 0.1) is 12.2 Å². The summed E-state index contributed by atoms with van der Waals surface area (Å²) >= 11 is 0. The predicted octanol–water partition coefficient (Wildman–Crippen LogP) is 1.50. The largest absolute Gasteiger partial charge is 0.435 e. The van der Waals surface area contributed by atoms with E-state index in [2.05, 4.69) is 10.1 Å². The predicted molar refractivity (Wildman–Crippen MR) is 62.5 cm³/mol. The SMILES string of the molecule is Cn1nc(C(F)(F)F)c(CO)c1-n1cnc(C(F)(F)F)cc1=O. The maximum Gasteiger partial charge on any atom is 0.435 e. The third-order valence-corrected chi connectivity index (χ3v) is 2.87. The van der Waals surface area contributed by atoms with E-state index in [-0.39, 0.29) is 6.07 Å². The Labute approximate surface area is 123 Å². The first kappa shape index (κ1) is 17.0. The fourth-order valence-corrected chi connectivity index (χ4v) is 1.95. The van der Waals surface area contributed by atoms with Gasteiger partial charge in [0.25, 0.3) is 5.56 Å². The molecule has 0 radical (unpaired) electrons. The zero-order valence-electron chi connectivity index (χ0n) is 11.3. The first-order valence-electron chi connectivity index (χ1n) is 5.87. The number of aryl methyl sites for hydroxylation is 1. The molecule has 0 saturated carbocycles. The van der Waals surface area contributed by atoms with Crippen LogP contribution < -0.4 is 5.56 Å². The standard InChI is InChI=1S/C11H8F6N4O2/c1-20-9(5(3-22)8(19-20)11(15,16)17)21-4-18-6(2-7(21)23)10(12,13)14/h2,4,22H,3H2,1H3. The Bertz CT molecular complexity index is 789. The molecule has 0 unspecified atom stereocenters. The molecule has 12 heteroatoms. The van der Waals surface area contributed by atoms with Gasteiger partial charge in [-0.15, -0.1) is 0 Å². The molecule has 0 saturated heterocycles. The van der Waals surface area contributed by atoms with E-state index in [1.807, 2.05) is 0 Å². The summed E-state index contributed by atoms with van der Waals surface area (Å²) in [5.74, 6) is -0.522. The lowest BCUT2D eigenvalue weighted by Crippen LogP contribution is -2.24. The molecule has 2 rings (SSSR count). The molecule has 0 atom stereocenters. The Morgan fingerprint density at radius 2 is 1.78 bits per heavy atom. The Hall–Kier alpha value is -2.37. The summed E-state index contributed by atoms with van der Waals surface area (Å²) in [5.41, 5.74) is -4.94. The molecular formula is C11H8F6N4O2. The minimum absolute atomic E-state index is 0.140. The molecule has 0 fully saturated rings. The molecule has 0 aromatic carbocycles. The molecule has 1 N–H and O–H groups in total. The van der Waals surface area contributed by atoms with Gasteiger partial charge >= 0.3 is 12.4 Å². The quantitative estimate of drug-likeness (QED) is 0.840. The smallest absolute Gasteiger partial charge is 0.391 e. The third kappa shape index (κ3) is 3.06. The number of halogens is 6. The minimum atomic E-state index is -4.91. The molecule has 126 valence electrons. The molecule has 0 bridgehead atoms. The number of alkyl halides is 6. The van der Waals surface area contributed by atoms with Crippen LogP contribution in [0.2, 0.25) is 0 Å². The average Bonchev–Trinajstić information content (AvgIpc) is 2.74. The van der Waals surface area contributed by atoms with Crippen LogP contribution in [0.15, 0.2) is 17.2 Å². The van der Waals surface area contributed by atoms with E-state index < -0.39 is 47.3 Å². The number of aliphatic hydroxyl groups excluding tert-OH is 1. The van der Waals surface area contributed by atoms with Gasteiger partial charge < -0.3 is 5.11 Å². The number of nitrogens with zero attached hydrogens (tertiary/aromatic N) is 4. The van der Waals surface area contributed by atoms with Gasteiger partial charge in [0, 0.05) is 13.1 Å². The van der Waals surface area contributed by atoms with Crippen LogP contribution in [0.5, 0.6) is 0 Å². The van der Waals surface area contributed by atoms with Gasteiger partial charge in [-0.2, -0.15) is 31.4 Å². The number of aromatic nitrogens is 4. The fourth-order valence-electron chi connectivity index (χ4n) is 1.95. The summed E-state index contributed by atoms with van der Waals surface area (Å²) in [6.07, 6.45) is -9.35. The fraction of sp³-hybridized carbons (Fsp3) is 0.364. The van der Waals surface area contributed by atoms with E-state index in [1.165, 1.54) is 0 Å². The van der Waals surface area contributed by atoms with Crippen LogP contribution in [0.4, 0.5) is 26.3 Å². The average molecular weight is 342 g/mol. The molecular weight excluding hydrogens is 334 g/mol. The van der Waals surface area contributed by atoms with Crippen LogP contribution >= 0.6 is 0 Å². The van der Waals surface area contributed by atoms with Crippen LogP contribution in [-0.4, -0.2) is 24.4 Å². The van der Waals surface area contributed by atoms with Crippen LogP contribution in [0.1, 0.15) is 17.0 Å². The van der Waals surface area contributed by atoms with Gasteiger partial charge in [-0.25, -0.2) is 4.98 Å². The molecule has 6 nitrogen and oxygen atoms in total. The monoisotopic (exact) mass is 342 g/mol. The Morgan fingerprint density at radius 1 is 1.17 bits per heavy atom. The summed E-state index contributed by atoms with van der Waals surface area (Å²) in [4.78, 5) is 14.8. The van der Waals surface area contributed by atoms with Crippen LogP contribution in [0.25, 0.3) is 5.82 Å². The lowest BCUT2D eigenvalue weighted by Gasteiger charge is -2.10. The Balaban J connectivity index is 2.69. The summed E-state index contributed by atoms with van der Waals surface area (Å²) in [6, 6.07) is 0.140. The van der Waals surface area contributed by atoms with Crippen molar-refractivity contribution < 1.29 is 31.4 Å². The van der Waals surface area contributed by atoms with E-state index >= 15 is 0 Å². The van der Waals surface area contributed by atoms with Gasteiger partial charge in [-0.3, -0.25) is 14.0 Å². The Kier molecular flexibility index (Phi) is 3.96. The highest BCUT2D eigenvalue weighted by molar-refractivity contribution is 5.39. The van der Waals surface area contributed by atoms with Crippen molar-refractivity contribution in [3.63, 3.8) is 0 Å². The molecule has 0 aliphatic heterocycles. The van der Waals surface area contributed by atoms with Gasteiger partial charge in [0.15, 0.2) is 11.4 Å². The van der Waals surface area contributed by atoms with Gasteiger partial charge in [-0.1, -0.05) is 0 Å². The molecule has 0 aliphatic rings. The van der Waals surface area contributed by atoms with Crippen molar-refractivity contribution in [2.24, 2.45) is 7.05 Å². The molecule has 2 heterocycles. The number of rotatable bonds is 2. The lowest BCUT2D eigenvalue weighted by molar-refractivity contribution is -0.142. The molecule has 0 amide bonds. The highest BCUT2D eigenvalue weighted by Gasteiger charge is 2.39. The van der Waals surface area contributed by atoms with Crippen molar-refractivity contribution in [1.82, 2.24) is 19.3 Å². The Morgan fingerprint density at radius 3 is 2.22 bits per heavy atom. The second kappa shape index (κ2) is 5.37. The van der Waals surface area contributed by atoms with E-state index in [4.69, 9.17) is 5.11 Å². The van der Waals surface area contributed by atoms with Crippen molar-refractivity contribution in [1.29, 1.82) is 0 Å². The lowest BCUT2D eigenvalue weighted by atomic mass is 10.2. The van der Waals surface area contributed by atoms with Crippen molar-refractivity contribution in [2.45, 2.75) is 19.0 Å². The second-order valence-electron chi connectivity index (χ2n) is 4.41. The van der Waals surface area contributed by atoms with Gasteiger partial charge in [-0.05, 0) is 0 Å². The van der Waals surface area contributed by atoms with Gasteiger partial charge in [0.2, 0.25) is 0 Å². The van der Waals surface area contributed by atoms with Crippen LogP contribution in [0, 0.1) is 0 Å². The van der Waals surface area contributed by atoms with Crippen LogP contribution in [0.3, 0.4) is 0 Å². The zero-order chi connectivity index (χ0) is 17.6. The maximum absolute atomic E-state index is 12.8. The summed E-state index contributed by atoms with van der Waals surface area (Å²) in [5, 5.41) is 12.3. The van der Waals surface area contributed by atoms with E-state index in [0.717, 1.165) is 7.05 Å². The normalized spacial score (nSPS) is 12.7. The summed E-state index contributed by atoms with van der Waals surface area (Å²) in [6.45, 7) is -1.12. The topological polar surface area (TPSA) is 72.9 Å². The zero-order valence-corrected chi connectivity index (χ0v) is 11.3. The maximum atomic E-state index is 12.8. The van der Waals surface area contributed by atoms with Crippen LogP contribution in [-0.2, 0) is 26.0 Å². The molecule has 0 aliphatic carbocycles. The highest BCUT2D eigenvalue weighted by atomic mass is 19.4. The molecule has 2 aromatic heterocycles. The number of hydrogen-bond acceptors (Lipinski definition) is 4. The molecule has 0 spiro atoms. The first-order valence-corrected chi connectivity index (χ1v) is 5.87. The van der Waals surface area contributed by atoms with Crippen molar-refractivity contribution in [2.75, 3.05) is 0 Å². The third-order valence-electron chi connectivity index (χ3n) is 2.87. The molecule has 23 heavy (non-hydrogen) atoms. The van der Waals surface area contributed by atoms with E-state index in [1.54, 1.807) is 0 Å². The minimum Gasteiger partial charge on any atom is -0.391 e. The molecule has 2 aromatic rings. The number of aliphatic hydroxyl groups is 1. The second-order valence-corrected chi connectivity index (χ2v) is 4.41. The van der Waals surface area contributed by atoms with Crippen molar-refractivity contribution in [3.8, 4) is 5.82 Å². The highest BCUT2D eigenvalue weighted by Crippen LogP contribution is 2.33. The summed E-state index contributed by atoms with van der Waals surface area (Å²) in [7, 11) is 1.05. The van der Waals surface area contributed by atoms with Crippen molar-refractivity contribution >= 4 is 0 Å². The van der Waals surface area contributed by atoms with E-state index in [9.17, 15) is 31.1 Å². The summed E-state index contributed by atoms with van der Waals surface area (Å²) < 4.78 is 77.0. The van der Waals surface area contributed by atoms with Crippen molar-refractivity contribution in [3.05, 3.63) is 39.7 Å². The first-order chi connectivity index (χ1) is 10.5. The van der Waals surface area contributed by atoms with Gasteiger partial charge in [0.1, 0.15) is 12.1 Å².